The van der Waals surface area contributed by atoms with Crippen molar-refractivity contribution in [2.75, 3.05) is 0 Å². The largest absolute Gasteiger partial charge is 0.493 e. The summed E-state index contributed by atoms with van der Waals surface area (Å²) in [7, 11) is 0. The highest BCUT2D eigenvalue weighted by atomic mass is 16.3. The Bertz CT molecular complexity index is 762. The van der Waals surface area contributed by atoms with Gasteiger partial charge in [0.25, 0.3) is 0 Å². The Kier molecular flexibility index (Phi) is 3.16. The molecule has 0 aliphatic carbocycles. The molecule has 0 saturated heterocycles. The van der Waals surface area contributed by atoms with Crippen molar-refractivity contribution < 1.29 is 5.11 Å². The number of aromatic nitrogens is 2. The van der Waals surface area contributed by atoms with Crippen LogP contribution in [0.15, 0.2) is 58.9 Å². The third-order valence-electron chi connectivity index (χ3n) is 3.14. The van der Waals surface area contributed by atoms with Crippen LogP contribution in [0.3, 0.4) is 0 Å². The van der Waals surface area contributed by atoms with Gasteiger partial charge in [0, 0.05) is 18.1 Å². The lowest BCUT2D eigenvalue weighted by Gasteiger charge is -2.00. The van der Waals surface area contributed by atoms with Crippen molar-refractivity contribution >= 4 is 22.4 Å². The molecule has 5 heteroatoms. The van der Waals surface area contributed by atoms with Crippen LogP contribution in [0.4, 0.5) is 11.5 Å². The quantitative estimate of drug-likeness (QED) is 0.723. The number of rotatable bonds is 3. The predicted octanol–water partition coefficient (Wildman–Crippen LogP) is 4.18. The maximum absolute atomic E-state index is 10.3. The van der Waals surface area contributed by atoms with Crippen LogP contribution in [0.2, 0.25) is 0 Å². The van der Waals surface area contributed by atoms with Crippen molar-refractivity contribution in [3.05, 3.63) is 48.7 Å². The molecule has 0 spiro atoms. The summed E-state index contributed by atoms with van der Waals surface area (Å²) < 4.78 is 1.81. The molecule has 0 amide bonds. The van der Waals surface area contributed by atoms with Crippen molar-refractivity contribution in [1.82, 2.24) is 9.55 Å². The van der Waals surface area contributed by atoms with E-state index in [0.29, 0.717) is 18.1 Å². The highest BCUT2D eigenvalue weighted by molar-refractivity contribution is 5.94. The topological polar surface area (TPSA) is 62.8 Å². The van der Waals surface area contributed by atoms with Crippen LogP contribution in [-0.2, 0) is 6.54 Å². The summed E-state index contributed by atoms with van der Waals surface area (Å²) in [6.07, 6.45) is 1.66. The summed E-state index contributed by atoms with van der Waals surface area (Å²) in [5.74, 6) is 0.647. The summed E-state index contributed by atoms with van der Waals surface area (Å²) in [6.45, 7) is 2.65. The maximum Gasteiger partial charge on any atom is 0.220 e. The molecule has 0 bridgehead atoms. The molecule has 5 nitrogen and oxygen atoms in total. The summed E-state index contributed by atoms with van der Waals surface area (Å²) in [6, 6.07) is 13.2. The fraction of sp³-hybridized carbons (Fsp3) is 0.133. The van der Waals surface area contributed by atoms with Gasteiger partial charge in [-0.15, -0.1) is 10.2 Å². The molecule has 0 aliphatic rings. The molecule has 3 rings (SSSR count). The molecule has 20 heavy (non-hydrogen) atoms. The summed E-state index contributed by atoms with van der Waals surface area (Å²) in [5.41, 5.74) is 1.43. The Labute approximate surface area is 116 Å². The second-order valence-electron chi connectivity index (χ2n) is 4.32. The summed E-state index contributed by atoms with van der Waals surface area (Å²) >= 11 is 0. The smallest absolute Gasteiger partial charge is 0.220 e. The molecule has 100 valence electrons. The molecule has 0 atom stereocenters. The van der Waals surface area contributed by atoms with Gasteiger partial charge >= 0.3 is 0 Å². The average molecular weight is 266 g/mol. The van der Waals surface area contributed by atoms with Gasteiger partial charge in [-0.1, -0.05) is 24.3 Å². The maximum atomic E-state index is 10.3. The first-order valence-electron chi connectivity index (χ1n) is 6.44. The number of fused-ring (bicyclic) bond motifs is 1. The summed E-state index contributed by atoms with van der Waals surface area (Å²) in [4.78, 5) is 4.08. The lowest BCUT2D eigenvalue weighted by Crippen LogP contribution is -1.91. The number of benzene rings is 1. The number of azo groups is 1. The van der Waals surface area contributed by atoms with Crippen molar-refractivity contribution in [3.63, 3.8) is 0 Å². The SMILES string of the molecule is CCn1c(O)c(N=Nc2ccccn2)c2ccccc21. The molecule has 1 aromatic carbocycles. The third-order valence-corrected chi connectivity index (χ3v) is 3.14. The zero-order valence-corrected chi connectivity index (χ0v) is 11.1. The third kappa shape index (κ3) is 2.03. The van der Waals surface area contributed by atoms with Crippen LogP contribution in [0.1, 0.15) is 6.92 Å². The lowest BCUT2D eigenvalue weighted by molar-refractivity contribution is 0.427. The van der Waals surface area contributed by atoms with E-state index < -0.39 is 0 Å². The fourth-order valence-corrected chi connectivity index (χ4v) is 2.20. The van der Waals surface area contributed by atoms with E-state index in [2.05, 4.69) is 15.2 Å². The zero-order valence-electron chi connectivity index (χ0n) is 11.1. The molecular weight excluding hydrogens is 252 g/mol. The highest BCUT2D eigenvalue weighted by Gasteiger charge is 2.14. The second kappa shape index (κ2) is 5.13. The minimum absolute atomic E-state index is 0.133. The van der Waals surface area contributed by atoms with E-state index in [1.54, 1.807) is 12.3 Å². The highest BCUT2D eigenvalue weighted by Crippen LogP contribution is 2.39. The molecule has 1 N–H and O–H groups in total. The fourth-order valence-electron chi connectivity index (χ4n) is 2.20. The molecule has 0 aliphatic heterocycles. The molecule has 2 heterocycles. The lowest BCUT2D eigenvalue weighted by atomic mass is 10.2. The number of aromatic hydroxyl groups is 1. The van der Waals surface area contributed by atoms with E-state index >= 15 is 0 Å². The van der Waals surface area contributed by atoms with E-state index in [-0.39, 0.29) is 5.88 Å². The predicted molar refractivity (Wildman–Crippen MR) is 77.7 cm³/mol. The number of hydrogen-bond acceptors (Lipinski definition) is 4. The van der Waals surface area contributed by atoms with Crippen LogP contribution >= 0.6 is 0 Å². The first-order chi connectivity index (χ1) is 9.81. The molecule has 0 radical (unpaired) electrons. The number of nitrogens with zero attached hydrogens (tertiary/aromatic N) is 4. The van der Waals surface area contributed by atoms with Gasteiger partial charge in [0.2, 0.25) is 5.88 Å². The van der Waals surface area contributed by atoms with Gasteiger partial charge < -0.3 is 9.67 Å². The number of pyridine rings is 1. The Balaban J connectivity index is 2.12. The minimum Gasteiger partial charge on any atom is -0.493 e. The van der Waals surface area contributed by atoms with Crippen molar-refractivity contribution in [2.45, 2.75) is 13.5 Å². The molecule has 2 aromatic heterocycles. The van der Waals surface area contributed by atoms with Gasteiger partial charge in [0.15, 0.2) is 11.5 Å². The van der Waals surface area contributed by atoms with Crippen molar-refractivity contribution in [2.24, 2.45) is 10.2 Å². The Morgan fingerprint density at radius 2 is 1.90 bits per heavy atom. The van der Waals surface area contributed by atoms with Gasteiger partial charge in [0.1, 0.15) is 0 Å². The zero-order chi connectivity index (χ0) is 13.9. The van der Waals surface area contributed by atoms with E-state index in [0.717, 1.165) is 10.9 Å². The average Bonchev–Trinajstić information content (AvgIpc) is 2.77. The number of hydrogen-bond donors (Lipinski definition) is 1. The Morgan fingerprint density at radius 1 is 1.10 bits per heavy atom. The molecule has 0 fully saturated rings. The molecular formula is C15H14N4O. The number of para-hydroxylation sites is 1. The second-order valence-corrected chi connectivity index (χ2v) is 4.32. The van der Waals surface area contributed by atoms with Crippen molar-refractivity contribution in [3.8, 4) is 5.88 Å². The standard InChI is InChI=1S/C15H14N4O/c1-2-19-12-8-4-3-7-11(12)14(15(19)20)18-17-13-9-5-6-10-16-13/h3-10,20H,2H2,1H3. The van der Waals surface area contributed by atoms with Gasteiger partial charge in [0.05, 0.1) is 5.52 Å². The van der Waals surface area contributed by atoms with Crippen LogP contribution in [-0.4, -0.2) is 14.7 Å². The van der Waals surface area contributed by atoms with Crippen LogP contribution in [0.25, 0.3) is 10.9 Å². The molecule has 3 aromatic rings. The van der Waals surface area contributed by atoms with E-state index in [4.69, 9.17) is 0 Å². The normalized spacial score (nSPS) is 11.4. The van der Waals surface area contributed by atoms with E-state index in [1.165, 1.54) is 0 Å². The molecule has 0 saturated carbocycles. The Morgan fingerprint density at radius 3 is 2.65 bits per heavy atom. The first-order valence-corrected chi connectivity index (χ1v) is 6.44. The van der Waals surface area contributed by atoms with Crippen LogP contribution in [0, 0.1) is 0 Å². The van der Waals surface area contributed by atoms with Gasteiger partial charge in [-0.25, -0.2) is 4.98 Å². The summed E-state index contributed by atoms with van der Waals surface area (Å²) in [5, 5.41) is 19.4. The number of aryl methyl sites for hydroxylation is 1. The van der Waals surface area contributed by atoms with Gasteiger partial charge in [-0.2, -0.15) is 0 Å². The monoisotopic (exact) mass is 266 g/mol. The minimum atomic E-state index is 0.133. The molecule has 0 unspecified atom stereocenters. The van der Waals surface area contributed by atoms with Gasteiger partial charge in [-0.3, -0.25) is 0 Å². The van der Waals surface area contributed by atoms with E-state index in [1.807, 2.05) is 47.9 Å². The van der Waals surface area contributed by atoms with Crippen LogP contribution < -0.4 is 0 Å². The Hall–Kier alpha value is -2.69. The van der Waals surface area contributed by atoms with E-state index in [9.17, 15) is 5.11 Å². The first kappa shape index (κ1) is 12.3. The van der Waals surface area contributed by atoms with Crippen LogP contribution in [0.5, 0.6) is 5.88 Å². The van der Waals surface area contributed by atoms with Gasteiger partial charge in [-0.05, 0) is 25.1 Å². The van der Waals surface area contributed by atoms with Crippen molar-refractivity contribution in [1.29, 1.82) is 0 Å².